The van der Waals surface area contributed by atoms with Crippen molar-refractivity contribution in [3.05, 3.63) is 60.2 Å². The molecule has 2 N–H and O–H groups in total. The van der Waals surface area contributed by atoms with Crippen LogP contribution in [-0.2, 0) is 16.6 Å². The van der Waals surface area contributed by atoms with Gasteiger partial charge in [-0.2, -0.15) is 4.31 Å². The van der Waals surface area contributed by atoms with Crippen LogP contribution in [0.3, 0.4) is 0 Å². The average Bonchev–Trinajstić information content (AvgIpc) is 2.68. The third-order valence-electron chi connectivity index (χ3n) is 4.34. The SMILES string of the molecule is O=C(NCc1ccccc1)Nc1cccc(S(=O)(=O)N2CCCCC2)c1. The smallest absolute Gasteiger partial charge is 0.319 e. The summed E-state index contributed by atoms with van der Waals surface area (Å²) < 4.78 is 27.0. The second-order valence-corrected chi connectivity index (χ2v) is 8.22. The molecule has 1 aliphatic heterocycles. The molecule has 1 saturated heterocycles. The van der Waals surface area contributed by atoms with Gasteiger partial charge in [-0.25, -0.2) is 13.2 Å². The van der Waals surface area contributed by atoms with E-state index in [2.05, 4.69) is 10.6 Å². The number of benzene rings is 2. The third kappa shape index (κ3) is 4.62. The van der Waals surface area contributed by atoms with Crippen LogP contribution in [0.25, 0.3) is 0 Å². The molecule has 1 heterocycles. The molecule has 3 rings (SSSR count). The highest BCUT2D eigenvalue weighted by Crippen LogP contribution is 2.22. The molecule has 0 radical (unpaired) electrons. The standard InChI is InChI=1S/C19H23N3O3S/c23-19(20-15-16-8-3-1-4-9-16)21-17-10-7-11-18(14-17)26(24,25)22-12-5-2-6-13-22/h1,3-4,7-11,14H,2,5-6,12-13,15H2,(H2,20,21,23). The van der Waals surface area contributed by atoms with E-state index < -0.39 is 10.0 Å². The monoisotopic (exact) mass is 373 g/mol. The van der Waals surface area contributed by atoms with Crippen LogP contribution in [0, 0.1) is 0 Å². The molecule has 0 unspecified atom stereocenters. The maximum absolute atomic E-state index is 12.7. The van der Waals surface area contributed by atoms with E-state index in [1.54, 1.807) is 18.2 Å². The van der Waals surface area contributed by atoms with Gasteiger partial charge in [0.1, 0.15) is 0 Å². The molecule has 6 nitrogen and oxygen atoms in total. The van der Waals surface area contributed by atoms with Gasteiger partial charge in [0, 0.05) is 25.3 Å². The lowest BCUT2D eigenvalue weighted by Gasteiger charge is -2.26. The van der Waals surface area contributed by atoms with Gasteiger partial charge in [-0.05, 0) is 36.6 Å². The van der Waals surface area contributed by atoms with Crippen molar-refractivity contribution in [3.63, 3.8) is 0 Å². The number of carbonyl (C=O) groups is 1. The van der Waals surface area contributed by atoms with Crippen LogP contribution >= 0.6 is 0 Å². The van der Waals surface area contributed by atoms with E-state index in [0.717, 1.165) is 24.8 Å². The van der Waals surface area contributed by atoms with Gasteiger partial charge in [0.25, 0.3) is 0 Å². The summed E-state index contributed by atoms with van der Waals surface area (Å²) in [7, 11) is -3.51. The Balaban J connectivity index is 1.64. The predicted octanol–water partition coefficient (Wildman–Crippen LogP) is 3.18. The van der Waals surface area contributed by atoms with E-state index in [0.29, 0.717) is 25.3 Å². The molecule has 0 aromatic heterocycles. The zero-order valence-electron chi connectivity index (χ0n) is 14.5. The molecule has 0 bridgehead atoms. The molecule has 2 aromatic carbocycles. The van der Waals surface area contributed by atoms with Crippen molar-refractivity contribution in [1.29, 1.82) is 0 Å². The van der Waals surface area contributed by atoms with Crippen molar-refractivity contribution in [2.45, 2.75) is 30.7 Å². The fourth-order valence-corrected chi connectivity index (χ4v) is 4.51. The summed E-state index contributed by atoms with van der Waals surface area (Å²) in [6, 6.07) is 15.6. The Labute approximate surface area is 154 Å². The van der Waals surface area contributed by atoms with Gasteiger partial charge in [-0.15, -0.1) is 0 Å². The molecule has 7 heteroatoms. The van der Waals surface area contributed by atoms with Crippen LogP contribution in [0.5, 0.6) is 0 Å². The third-order valence-corrected chi connectivity index (χ3v) is 6.24. The molecule has 0 saturated carbocycles. The molecule has 1 aliphatic rings. The van der Waals surface area contributed by atoms with E-state index in [9.17, 15) is 13.2 Å². The number of piperidine rings is 1. The van der Waals surface area contributed by atoms with E-state index in [1.807, 2.05) is 30.3 Å². The van der Waals surface area contributed by atoms with Crippen LogP contribution in [0.1, 0.15) is 24.8 Å². The first-order valence-electron chi connectivity index (χ1n) is 8.75. The van der Waals surface area contributed by atoms with Gasteiger partial charge < -0.3 is 10.6 Å². The van der Waals surface area contributed by atoms with E-state index in [1.165, 1.54) is 10.4 Å². The maximum Gasteiger partial charge on any atom is 0.319 e. The number of sulfonamides is 1. The molecular formula is C19H23N3O3S. The highest BCUT2D eigenvalue weighted by molar-refractivity contribution is 7.89. The van der Waals surface area contributed by atoms with Gasteiger partial charge in [0.15, 0.2) is 0 Å². The predicted molar refractivity (Wildman–Crippen MR) is 101 cm³/mol. The first-order valence-corrected chi connectivity index (χ1v) is 10.2. The van der Waals surface area contributed by atoms with Gasteiger partial charge >= 0.3 is 6.03 Å². The lowest BCUT2D eigenvalue weighted by atomic mass is 10.2. The quantitative estimate of drug-likeness (QED) is 0.845. The number of nitrogens with one attached hydrogen (secondary N) is 2. The number of rotatable bonds is 5. The van der Waals surface area contributed by atoms with Crippen LogP contribution in [0.4, 0.5) is 10.5 Å². The van der Waals surface area contributed by atoms with Crippen molar-refractivity contribution in [2.75, 3.05) is 18.4 Å². The average molecular weight is 373 g/mol. The van der Waals surface area contributed by atoms with E-state index >= 15 is 0 Å². The maximum atomic E-state index is 12.7. The molecule has 26 heavy (non-hydrogen) atoms. The second-order valence-electron chi connectivity index (χ2n) is 6.29. The minimum Gasteiger partial charge on any atom is -0.334 e. The minimum atomic E-state index is -3.51. The fraction of sp³-hybridized carbons (Fsp3) is 0.316. The van der Waals surface area contributed by atoms with Gasteiger partial charge in [-0.3, -0.25) is 0 Å². The summed E-state index contributed by atoms with van der Waals surface area (Å²) >= 11 is 0. The Morgan fingerprint density at radius 2 is 1.69 bits per heavy atom. The first kappa shape index (κ1) is 18.4. The molecule has 0 atom stereocenters. The van der Waals surface area contributed by atoms with Crippen molar-refractivity contribution in [1.82, 2.24) is 9.62 Å². The Morgan fingerprint density at radius 1 is 0.962 bits per heavy atom. The van der Waals surface area contributed by atoms with E-state index in [4.69, 9.17) is 0 Å². The van der Waals surface area contributed by atoms with Crippen molar-refractivity contribution >= 4 is 21.7 Å². The number of hydrogen-bond donors (Lipinski definition) is 2. The van der Waals surface area contributed by atoms with Crippen molar-refractivity contribution in [2.24, 2.45) is 0 Å². The molecule has 0 aliphatic carbocycles. The highest BCUT2D eigenvalue weighted by Gasteiger charge is 2.26. The molecule has 0 spiro atoms. The van der Waals surface area contributed by atoms with Crippen LogP contribution in [-0.4, -0.2) is 31.8 Å². The lowest BCUT2D eigenvalue weighted by Crippen LogP contribution is -2.35. The Kier molecular flexibility index (Phi) is 5.90. The van der Waals surface area contributed by atoms with Crippen LogP contribution in [0.15, 0.2) is 59.5 Å². The topological polar surface area (TPSA) is 78.5 Å². The fourth-order valence-electron chi connectivity index (χ4n) is 2.94. The van der Waals surface area contributed by atoms with E-state index in [-0.39, 0.29) is 10.9 Å². The zero-order chi connectivity index (χ0) is 18.4. The Bertz CT molecular complexity index is 847. The van der Waals surface area contributed by atoms with Crippen molar-refractivity contribution < 1.29 is 13.2 Å². The molecule has 138 valence electrons. The van der Waals surface area contributed by atoms with Crippen LogP contribution in [0.2, 0.25) is 0 Å². The van der Waals surface area contributed by atoms with Gasteiger partial charge in [0.2, 0.25) is 10.0 Å². The Hall–Kier alpha value is -2.38. The van der Waals surface area contributed by atoms with Crippen molar-refractivity contribution in [3.8, 4) is 0 Å². The zero-order valence-corrected chi connectivity index (χ0v) is 15.3. The van der Waals surface area contributed by atoms with Gasteiger partial charge in [-0.1, -0.05) is 42.8 Å². The normalized spacial score (nSPS) is 15.4. The summed E-state index contributed by atoms with van der Waals surface area (Å²) in [6.45, 7) is 1.51. The number of nitrogens with zero attached hydrogens (tertiary/aromatic N) is 1. The summed E-state index contributed by atoms with van der Waals surface area (Å²) in [4.78, 5) is 12.3. The number of carbonyl (C=O) groups excluding carboxylic acids is 1. The summed E-state index contributed by atoms with van der Waals surface area (Å²) in [6.07, 6.45) is 2.84. The van der Waals surface area contributed by atoms with Crippen LogP contribution < -0.4 is 10.6 Å². The first-order chi connectivity index (χ1) is 12.6. The number of urea groups is 1. The number of hydrogen-bond acceptors (Lipinski definition) is 3. The summed E-state index contributed by atoms with van der Waals surface area (Å²) in [5, 5.41) is 5.45. The lowest BCUT2D eigenvalue weighted by molar-refractivity contribution is 0.251. The summed E-state index contributed by atoms with van der Waals surface area (Å²) in [5.74, 6) is 0. The minimum absolute atomic E-state index is 0.209. The highest BCUT2D eigenvalue weighted by atomic mass is 32.2. The van der Waals surface area contributed by atoms with Gasteiger partial charge in [0.05, 0.1) is 4.90 Å². The molecule has 2 amide bonds. The molecular weight excluding hydrogens is 350 g/mol. The second kappa shape index (κ2) is 8.33. The Morgan fingerprint density at radius 3 is 2.42 bits per heavy atom. The molecule has 1 fully saturated rings. The molecule has 2 aromatic rings. The number of anilines is 1. The number of amides is 2. The summed E-state index contributed by atoms with van der Waals surface area (Å²) in [5.41, 5.74) is 1.44. The largest absolute Gasteiger partial charge is 0.334 e.